The predicted octanol–water partition coefficient (Wildman–Crippen LogP) is 9.94. The van der Waals surface area contributed by atoms with Crippen LogP contribution in [0.3, 0.4) is 0 Å². The van der Waals surface area contributed by atoms with Crippen molar-refractivity contribution in [3.8, 4) is 0 Å². The van der Waals surface area contributed by atoms with E-state index in [1.807, 2.05) is 0 Å². The van der Waals surface area contributed by atoms with E-state index >= 15 is 0 Å². The number of hydrogen-bond donors (Lipinski definition) is 1. The largest absolute Gasteiger partial charge is 0.298 e. The lowest BCUT2D eigenvalue weighted by molar-refractivity contribution is -0.140. The third-order valence-corrected chi connectivity index (χ3v) is 8.31. The van der Waals surface area contributed by atoms with Crippen molar-refractivity contribution in [2.75, 3.05) is 0 Å². The number of carbonyl (C=O) groups excluding carboxylic acids is 3. The highest BCUT2D eigenvalue weighted by Crippen LogP contribution is 2.36. The quantitative estimate of drug-likeness (QED) is 0.0496. The van der Waals surface area contributed by atoms with Gasteiger partial charge in [-0.15, -0.1) is 0 Å². The second kappa shape index (κ2) is 23.4. The van der Waals surface area contributed by atoms with Crippen LogP contribution in [-0.2, 0) is 14.4 Å². The zero-order valence-electron chi connectivity index (χ0n) is 25.3. The van der Waals surface area contributed by atoms with Crippen LogP contribution in [0.1, 0.15) is 181 Å². The Kier molecular flexibility index (Phi) is 21.3. The topological polar surface area (TPSA) is 63.2 Å². The number of Topliss-reactive ketones (excluding diaryl/α,β-unsaturated/α-hetero) is 1. The Hall–Kier alpha value is -1.45. The highest BCUT2D eigenvalue weighted by Gasteiger charge is 2.51. The molecule has 4 nitrogen and oxygen atoms in total. The van der Waals surface area contributed by atoms with Crippen LogP contribution < -0.4 is 5.32 Å². The van der Waals surface area contributed by atoms with Crippen molar-refractivity contribution < 1.29 is 14.4 Å². The molecule has 1 unspecified atom stereocenters. The van der Waals surface area contributed by atoms with E-state index in [9.17, 15) is 14.4 Å². The molecule has 1 aliphatic heterocycles. The third kappa shape index (κ3) is 15.8. The van der Waals surface area contributed by atoms with Gasteiger partial charge < -0.3 is 0 Å². The van der Waals surface area contributed by atoms with Gasteiger partial charge >= 0.3 is 0 Å². The van der Waals surface area contributed by atoms with Crippen molar-refractivity contribution in [3.05, 3.63) is 12.2 Å². The van der Waals surface area contributed by atoms with Crippen molar-refractivity contribution in [2.24, 2.45) is 5.41 Å². The van der Waals surface area contributed by atoms with Gasteiger partial charge in [0.15, 0.2) is 0 Å². The molecule has 1 N–H and O–H groups in total. The summed E-state index contributed by atoms with van der Waals surface area (Å²) in [6, 6.07) is 0. The fourth-order valence-corrected chi connectivity index (χ4v) is 5.72. The first-order chi connectivity index (χ1) is 18.6. The molecule has 4 heteroatoms. The minimum atomic E-state index is -1.09. The first-order valence-corrected chi connectivity index (χ1v) is 16.6. The van der Waals surface area contributed by atoms with E-state index in [-0.39, 0.29) is 24.0 Å². The summed E-state index contributed by atoms with van der Waals surface area (Å²) >= 11 is 0. The van der Waals surface area contributed by atoms with E-state index in [0.717, 1.165) is 44.9 Å². The molecule has 0 aromatic carbocycles. The Morgan fingerprint density at radius 3 is 1.50 bits per heavy atom. The van der Waals surface area contributed by atoms with Gasteiger partial charge in [-0.3, -0.25) is 19.7 Å². The van der Waals surface area contributed by atoms with Crippen molar-refractivity contribution in [1.29, 1.82) is 0 Å². The Morgan fingerprint density at radius 1 is 0.632 bits per heavy atom. The lowest BCUT2D eigenvalue weighted by Crippen LogP contribution is -2.39. The number of nitrogens with one attached hydrogen (secondary N) is 1. The molecule has 0 aromatic rings. The lowest BCUT2D eigenvalue weighted by Gasteiger charge is -2.23. The Balaban J connectivity index is 2.14. The Bertz CT molecular complexity index is 656. The molecular weight excluding hydrogens is 470 g/mol. The summed E-state index contributed by atoms with van der Waals surface area (Å²) in [6.07, 6.45) is 33.8. The standard InChI is InChI=1S/C34H61NO3/c1-3-5-7-9-11-13-15-16-17-18-19-20-22-24-26-28-31(36)34(30-32(37)35-33(34)38)29-27-25-23-21-14-12-10-8-6-4-2/h16-17H,3-15,18-30H2,1-2H3,(H,35,37,38)/b17-16-. The fourth-order valence-electron chi connectivity index (χ4n) is 5.72. The summed E-state index contributed by atoms with van der Waals surface area (Å²) in [5, 5.41) is 2.42. The van der Waals surface area contributed by atoms with Gasteiger partial charge in [0.1, 0.15) is 11.2 Å². The molecule has 220 valence electrons. The van der Waals surface area contributed by atoms with Gasteiger partial charge in [0, 0.05) is 12.8 Å². The molecule has 1 fully saturated rings. The first-order valence-electron chi connectivity index (χ1n) is 16.6. The number of rotatable bonds is 27. The molecule has 1 heterocycles. The van der Waals surface area contributed by atoms with Crippen LogP contribution in [0.25, 0.3) is 0 Å². The molecule has 1 rings (SSSR count). The third-order valence-electron chi connectivity index (χ3n) is 8.31. The minimum absolute atomic E-state index is 0.00518. The van der Waals surface area contributed by atoms with Crippen molar-refractivity contribution in [1.82, 2.24) is 5.32 Å². The molecular formula is C34H61NO3. The van der Waals surface area contributed by atoms with Gasteiger partial charge in [0.25, 0.3) is 0 Å². The smallest absolute Gasteiger partial charge is 0.240 e. The number of amides is 2. The summed E-state index contributed by atoms with van der Waals surface area (Å²) in [4.78, 5) is 37.7. The van der Waals surface area contributed by atoms with Gasteiger partial charge in [0.05, 0.1) is 0 Å². The van der Waals surface area contributed by atoms with Crippen LogP contribution in [0.15, 0.2) is 12.2 Å². The molecule has 1 saturated heterocycles. The molecule has 0 radical (unpaired) electrons. The van der Waals surface area contributed by atoms with E-state index in [0.29, 0.717) is 12.8 Å². The number of carbonyl (C=O) groups is 3. The van der Waals surface area contributed by atoms with Crippen LogP contribution in [0.5, 0.6) is 0 Å². The molecule has 0 spiro atoms. The molecule has 1 aliphatic rings. The summed E-state index contributed by atoms with van der Waals surface area (Å²) < 4.78 is 0. The maximum Gasteiger partial charge on any atom is 0.240 e. The monoisotopic (exact) mass is 531 g/mol. The van der Waals surface area contributed by atoms with Gasteiger partial charge in [-0.25, -0.2) is 0 Å². The van der Waals surface area contributed by atoms with Crippen molar-refractivity contribution in [3.63, 3.8) is 0 Å². The normalized spacial score (nSPS) is 17.5. The molecule has 1 atom stereocenters. The van der Waals surface area contributed by atoms with E-state index in [4.69, 9.17) is 0 Å². The van der Waals surface area contributed by atoms with Gasteiger partial charge in [-0.05, 0) is 38.5 Å². The molecule has 0 aliphatic carbocycles. The van der Waals surface area contributed by atoms with Crippen LogP contribution in [-0.4, -0.2) is 17.6 Å². The summed E-state index contributed by atoms with van der Waals surface area (Å²) in [5.74, 6) is -0.620. The Labute approximate surface area is 235 Å². The highest BCUT2D eigenvalue weighted by molar-refractivity contribution is 6.17. The van der Waals surface area contributed by atoms with Gasteiger partial charge in [-0.1, -0.05) is 142 Å². The SMILES string of the molecule is CCCCCCCC/C=C\CCCCCCCC(=O)C1(CCCCCCCCCCCC)CC(=O)NC1=O. The molecule has 0 saturated carbocycles. The van der Waals surface area contributed by atoms with E-state index in [2.05, 4.69) is 31.3 Å². The number of hydrogen-bond acceptors (Lipinski definition) is 3. The van der Waals surface area contributed by atoms with E-state index in [1.165, 1.54) is 103 Å². The fraction of sp³-hybridized carbons (Fsp3) is 0.853. The first kappa shape index (κ1) is 34.6. The maximum absolute atomic E-state index is 13.1. The van der Waals surface area contributed by atoms with Crippen molar-refractivity contribution >= 4 is 17.6 Å². The summed E-state index contributed by atoms with van der Waals surface area (Å²) in [6.45, 7) is 4.51. The molecule has 38 heavy (non-hydrogen) atoms. The van der Waals surface area contributed by atoms with Crippen LogP contribution in [0, 0.1) is 5.41 Å². The molecule has 0 aromatic heterocycles. The molecule has 2 amide bonds. The minimum Gasteiger partial charge on any atom is -0.298 e. The average Bonchev–Trinajstić information content (AvgIpc) is 3.20. The van der Waals surface area contributed by atoms with E-state index < -0.39 is 5.41 Å². The summed E-state index contributed by atoms with van der Waals surface area (Å²) in [5.41, 5.74) is -1.09. The average molecular weight is 532 g/mol. The maximum atomic E-state index is 13.1. The van der Waals surface area contributed by atoms with Gasteiger partial charge in [0.2, 0.25) is 11.8 Å². The summed E-state index contributed by atoms with van der Waals surface area (Å²) in [7, 11) is 0. The Morgan fingerprint density at radius 2 is 1.05 bits per heavy atom. The number of allylic oxidation sites excluding steroid dienone is 2. The molecule has 0 bridgehead atoms. The van der Waals surface area contributed by atoms with Crippen molar-refractivity contribution in [2.45, 2.75) is 181 Å². The van der Waals surface area contributed by atoms with Crippen LogP contribution in [0.2, 0.25) is 0 Å². The van der Waals surface area contributed by atoms with Gasteiger partial charge in [-0.2, -0.15) is 0 Å². The number of ketones is 1. The number of unbranched alkanes of at least 4 members (excludes halogenated alkanes) is 20. The second-order valence-corrected chi connectivity index (χ2v) is 11.8. The predicted molar refractivity (Wildman–Crippen MR) is 161 cm³/mol. The van der Waals surface area contributed by atoms with Crippen LogP contribution >= 0.6 is 0 Å². The van der Waals surface area contributed by atoms with Crippen LogP contribution in [0.4, 0.5) is 0 Å². The zero-order chi connectivity index (χ0) is 27.7. The number of imide groups is 1. The lowest BCUT2D eigenvalue weighted by atomic mass is 9.75. The second-order valence-electron chi connectivity index (χ2n) is 11.8. The zero-order valence-corrected chi connectivity index (χ0v) is 25.3. The highest BCUT2D eigenvalue weighted by atomic mass is 16.2. The van der Waals surface area contributed by atoms with E-state index in [1.54, 1.807) is 0 Å².